The lowest BCUT2D eigenvalue weighted by Gasteiger charge is -2.29. The van der Waals surface area contributed by atoms with Crippen LogP contribution < -0.4 is 11.3 Å². The highest BCUT2D eigenvalue weighted by Crippen LogP contribution is 2.20. The van der Waals surface area contributed by atoms with Gasteiger partial charge in [0.05, 0.1) is 0 Å². The SMILES string of the molecule is CN(CC(C)(C)CN)C(=O)c1cc2c([nH]c1=O)CCCC2. The number of carbonyl (C=O) groups is 1. The van der Waals surface area contributed by atoms with Crippen LogP contribution in [0.5, 0.6) is 0 Å². The molecule has 0 fully saturated rings. The average Bonchev–Trinajstić information content (AvgIpc) is 2.45. The number of hydrogen-bond acceptors (Lipinski definition) is 3. The molecule has 3 N–H and O–H groups in total. The smallest absolute Gasteiger partial charge is 0.261 e. The van der Waals surface area contributed by atoms with Gasteiger partial charge in [-0.05, 0) is 49.3 Å². The van der Waals surface area contributed by atoms with Crippen molar-refractivity contribution in [3.8, 4) is 0 Å². The van der Waals surface area contributed by atoms with Crippen LogP contribution in [-0.4, -0.2) is 35.9 Å². The summed E-state index contributed by atoms with van der Waals surface area (Å²) in [6, 6.07) is 1.78. The van der Waals surface area contributed by atoms with Crippen molar-refractivity contribution in [2.45, 2.75) is 39.5 Å². The Morgan fingerprint density at radius 1 is 1.38 bits per heavy atom. The zero-order valence-electron chi connectivity index (χ0n) is 13.2. The normalized spacial score (nSPS) is 14.7. The van der Waals surface area contributed by atoms with Gasteiger partial charge in [0, 0.05) is 19.3 Å². The molecule has 1 aromatic heterocycles. The van der Waals surface area contributed by atoms with Crippen LogP contribution in [0.4, 0.5) is 0 Å². The zero-order valence-corrected chi connectivity index (χ0v) is 13.2. The molecule has 0 radical (unpaired) electrons. The van der Waals surface area contributed by atoms with Gasteiger partial charge in [0.2, 0.25) is 0 Å². The van der Waals surface area contributed by atoms with Crippen LogP contribution in [0.15, 0.2) is 10.9 Å². The van der Waals surface area contributed by atoms with E-state index in [1.165, 1.54) is 0 Å². The molecule has 1 amide bonds. The average molecular weight is 291 g/mol. The largest absolute Gasteiger partial charge is 0.341 e. The maximum absolute atomic E-state index is 12.5. The van der Waals surface area contributed by atoms with Gasteiger partial charge in [-0.15, -0.1) is 0 Å². The van der Waals surface area contributed by atoms with E-state index in [-0.39, 0.29) is 22.4 Å². The molecule has 21 heavy (non-hydrogen) atoms. The third-order valence-electron chi connectivity index (χ3n) is 4.13. The minimum Gasteiger partial charge on any atom is -0.341 e. The summed E-state index contributed by atoms with van der Waals surface area (Å²) < 4.78 is 0. The number of nitrogens with zero attached hydrogens (tertiary/aromatic N) is 1. The van der Waals surface area contributed by atoms with Gasteiger partial charge >= 0.3 is 0 Å². The molecule has 0 spiro atoms. The number of nitrogens with one attached hydrogen (secondary N) is 1. The number of aromatic nitrogens is 1. The summed E-state index contributed by atoms with van der Waals surface area (Å²) in [4.78, 5) is 29.1. The van der Waals surface area contributed by atoms with Crippen LogP contribution in [0.25, 0.3) is 0 Å². The Morgan fingerprint density at radius 2 is 2.05 bits per heavy atom. The Balaban J connectivity index is 2.25. The Kier molecular flexibility index (Phi) is 4.52. The van der Waals surface area contributed by atoms with Gasteiger partial charge in [-0.2, -0.15) is 0 Å². The highest BCUT2D eigenvalue weighted by Gasteiger charge is 2.24. The molecule has 0 atom stereocenters. The minimum atomic E-state index is -0.280. The quantitative estimate of drug-likeness (QED) is 0.878. The van der Waals surface area contributed by atoms with E-state index in [4.69, 9.17) is 5.73 Å². The Labute approximate surface area is 125 Å². The molecular formula is C16H25N3O2. The van der Waals surface area contributed by atoms with Gasteiger partial charge in [0.15, 0.2) is 0 Å². The first-order chi connectivity index (χ1) is 9.84. The zero-order chi connectivity index (χ0) is 15.6. The summed E-state index contributed by atoms with van der Waals surface area (Å²) >= 11 is 0. The maximum atomic E-state index is 12.5. The second-order valence-corrected chi connectivity index (χ2v) is 6.75. The lowest BCUT2D eigenvalue weighted by atomic mass is 9.92. The van der Waals surface area contributed by atoms with Crippen LogP contribution in [0.2, 0.25) is 0 Å². The van der Waals surface area contributed by atoms with Crippen molar-refractivity contribution in [1.82, 2.24) is 9.88 Å². The Hall–Kier alpha value is -1.62. The number of pyridine rings is 1. The summed E-state index contributed by atoms with van der Waals surface area (Å²) in [6.45, 7) is 5.03. The molecule has 2 rings (SSSR count). The van der Waals surface area contributed by atoms with E-state index in [1.54, 1.807) is 18.0 Å². The number of fused-ring (bicyclic) bond motifs is 1. The van der Waals surface area contributed by atoms with Gasteiger partial charge in [-0.1, -0.05) is 13.8 Å². The number of H-pyrrole nitrogens is 1. The van der Waals surface area contributed by atoms with Crippen molar-refractivity contribution in [3.63, 3.8) is 0 Å². The Morgan fingerprint density at radius 3 is 2.71 bits per heavy atom. The van der Waals surface area contributed by atoms with Crippen molar-refractivity contribution in [1.29, 1.82) is 0 Å². The number of nitrogens with two attached hydrogens (primary N) is 1. The fourth-order valence-corrected chi connectivity index (χ4v) is 2.82. The van der Waals surface area contributed by atoms with E-state index in [0.29, 0.717) is 13.1 Å². The van der Waals surface area contributed by atoms with Gasteiger partial charge < -0.3 is 15.6 Å². The standard InChI is InChI=1S/C16H25N3O2/c1-16(2,9-17)10-19(3)15(21)12-8-11-6-4-5-7-13(11)18-14(12)20/h8H,4-7,9-10,17H2,1-3H3,(H,18,20). The Bertz CT molecular complexity index is 590. The molecule has 1 heterocycles. The second kappa shape index (κ2) is 6.02. The molecule has 5 heteroatoms. The molecule has 0 saturated carbocycles. The highest BCUT2D eigenvalue weighted by atomic mass is 16.2. The summed E-state index contributed by atoms with van der Waals surface area (Å²) in [6.07, 6.45) is 4.04. The summed E-state index contributed by atoms with van der Waals surface area (Å²) in [7, 11) is 1.72. The molecule has 0 bridgehead atoms. The van der Waals surface area contributed by atoms with Crippen molar-refractivity contribution in [2.24, 2.45) is 11.1 Å². The summed E-state index contributed by atoms with van der Waals surface area (Å²) in [5, 5.41) is 0. The highest BCUT2D eigenvalue weighted by molar-refractivity contribution is 5.94. The van der Waals surface area contributed by atoms with E-state index in [1.807, 2.05) is 13.8 Å². The first-order valence-corrected chi connectivity index (χ1v) is 7.55. The maximum Gasteiger partial charge on any atom is 0.261 e. The van der Waals surface area contributed by atoms with Gasteiger partial charge in [0.1, 0.15) is 5.56 Å². The number of aryl methyl sites for hydroxylation is 2. The van der Waals surface area contributed by atoms with Gasteiger partial charge in [-0.25, -0.2) is 0 Å². The predicted octanol–water partition coefficient (Wildman–Crippen LogP) is 1.31. The topological polar surface area (TPSA) is 79.2 Å². The minimum absolute atomic E-state index is 0.161. The van der Waals surface area contributed by atoms with E-state index in [2.05, 4.69) is 4.98 Å². The van der Waals surface area contributed by atoms with E-state index < -0.39 is 0 Å². The predicted molar refractivity (Wildman–Crippen MR) is 83.5 cm³/mol. The van der Waals surface area contributed by atoms with Crippen LogP contribution in [0.3, 0.4) is 0 Å². The second-order valence-electron chi connectivity index (χ2n) is 6.75. The number of rotatable bonds is 4. The van der Waals surface area contributed by atoms with Crippen molar-refractivity contribution < 1.29 is 4.79 Å². The lowest BCUT2D eigenvalue weighted by molar-refractivity contribution is 0.0738. The lowest BCUT2D eigenvalue weighted by Crippen LogP contribution is -2.41. The number of carbonyl (C=O) groups excluding carboxylic acids is 1. The van der Waals surface area contributed by atoms with Crippen molar-refractivity contribution >= 4 is 5.91 Å². The van der Waals surface area contributed by atoms with E-state index in [0.717, 1.165) is 36.9 Å². The van der Waals surface area contributed by atoms with Crippen molar-refractivity contribution in [3.05, 3.63) is 33.2 Å². The van der Waals surface area contributed by atoms with Crippen LogP contribution in [0.1, 0.15) is 48.3 Å². The summed E-state index contributed by atoms with van der Waals surface area (Å²) in [5.74, 6) is -0.230. The monoisotopic (exact) mass is 291 g/mol. The van der Waals surface area contributed by atoms with Crippen molar-refractivity contribution in [2.75, 3.05) is 20.1 Å². The molecule has 116 valence electrons. The fourth-order valence-electron chi connectivity index (χ4n) is 2.82. The number of aromatic amines is 1. The molecule has 0 aromatic carbocycles. The van der Waals surface area contributed by atoms with Gasteiger partial charge in [0.25, 0.3) is 11.5 Å². The number of hydrogen-bond donors (Lipinski definition) is 2. The molecule has 0 saturated heterocycles. The number of amides is 1. The molecule has 1 aliphatic carbocycles. The molecule has 1 aliphatic rings. The third kappa shape index (κ3) is 3.53. The molecule has 0 aliphatic heterocycles. The molecular weight excluding hydrogens is 266 g/mol. The van der Waals surface area contributed by atoms with Crippen LogP contribution in [0, 0.1) is 5.41 Å². The molecule has 0 unspecified atom stereocenters. The van der Waals surface area contributed by atoms with E-state index >= 15 is 0 Å². The molecule has 5 nitrogen and oxygen atoms in total. The van der Waals surface area contributed by atoms with Crippen LogP contribution in [-0.2, 0) is 12.8 Å². The summed E-state index contributed by atoms with van der Waals surface area (Å²) in [5.41, 5.74) is 7.61. The first kappa shape index (κ1) is 15.8. The van der Waals surface area contributed by atoms with Gasteiger partial charge in [-0.3, -0.25) is 9.59 Å². The third-order valence-corrected chi connectivity index (χ3v) is 4.13. The van der Waals surface area contributed by atoms with Crippen LogP contribution >= 0.6 is 0 Å². The first-order valence-electron chi connectivity index (χ1n) is 7.55. The molecule has 1 aromatic rings. The van der Waals surface area contributed by atoms with E-state index in [9.17, 15) is 9.59 Å². The fraction of sp³-hybridized carbons (Fsp3) is 0.625.